The maximum Gasteiger partial charge on any atom is 0.143 e. The van der Waals surface area contributed by atoms with E-state index in [1.807, 2.05) is 18.2 Å². The summed E-state index contributed by atoms with van der Waals surface area (Å²) >= 11 is 1.74. The van der Waals surface area contributed by atoms with Gasteiger partial charge >= 0.3 is 0 Å². The van der Waals surface area contributed by atoms with Crippen LogP contribution in [0.5, 0.6) is 0 Å². The Balaban J connectivity index is 1.93. The van der Waals surface area contributed by atoms with Crippen LogP contribution in [0.4, 0.5) is 0 Å². The predicted octanol–water partition coefficient (Wildman–Crippen LogP) is 4.71. The fourth-order valence-electron chi connectivity index (χ4n) is 2.69. The van der Waals surface area contributed by atoms with Gasteiger partial charge in [-0.05, 0) is 31.4 Å². The summed E-state index contributed by atoms with van der Waals surface area (Å²) in [7, 11) is 0. The second-order valence-electron chi connectivity index (χ2n) is 5.27. The number of ketones is 1. The Morgan fingerprint density at radius 2 is 1.89 bits per heavy atom. The van der Waals surface area contributed by atoms with Crippen LogP contribution in [-0.2, 0) is 4.79 Å². The minimum Gasteiger partial charge on any atom is -0.299 e. The average Bonchev–Trinajstić information content (AvgIpc) is 2.40. The SMILES string of the molecule is CC(=O)C(CC1CCCCC1)Sc1ccccc1. The van der Waals surface area contributed by atoms with Crippen LogP contribution in [0.1, 0.15) is 45.4 Å². The highest BCUT2D eigenvalue weighted by atomic mass is 32.2. The van der Waals surface area contributed by atoms with Crippen molar-refractivity contribution in [3.05, 3.63) is 30.3 Å². The topological polar surface area (TPSA) is 17.1 Å². The van der Waals surface area contributed by atoms with E-state index in [2.05, 4.69) is 12.1 Å². The molecule has 1 aliphatic rings. The summed E-state index contributed by atoms with van der Waals surface area (Å²) in [5, 5.41) is 0.149. The Hall–Kier alpha value is -0.760. The van der Waals surface area contributed by atoms with E-state index in [9.17, 15) is 4.79 Å². The minimum atomic E-state index is 0.149. The molecule has 0 radical (unpaired) electrons. The zero-order chi connectivity index (χ0) is 12.8. The van der Waals surface area contributed by atoms with E-state index in [1.165, 1.54) is 37.0 Å². The maximum absolute atomic E-state index is 11.8. The lowest BCUT2D eigenvalue weighted by Crippen LogP contribution is -2.20. The van der Waals surface area contributed by atoms with Crippen molar-refractivity contribution in [1.29, 1.82) is 0 Å². The standard InChI is InChI=1S/C16H22OS/c1-13(17)16(12-14-8-4-2-5-9-14)18-15-10-6-3-7-11-15/h3,6-7,10-11,14,16H,2,4-5,8-9,12H2,1H3. The molecule has 1 aromatic carbocycles. The molecule has 1 unspecified atom stereocenters. The van der Waals surface area contributed by atoms with Gasteiger partial charge in [0.2, 0.25) is 0 Å². The third-order valence-corrected chi connectivity index (χ3v) is 5.10. The average molecular weight is 262 g/mol. The maximum atomic E-state index is 11.8. The fraction of sp³-hybridized carbons (Fsp3) is 0.562. The number of hydrogen-bond acceptors (Lipinski definition) is 2. The van der Waals surface area contributed by atoms with Gasteiger partial charge in [0.25, 0.3) is 0 Å². The van der Waals surface area contributed by atoms with E-state index in [1.54, 1.807) is 18.7 Å². The van der Waals surface area contributed by atoms with Crippen LogP contribution < -0.4 is 0 Å². The van der Waals surface area contributed by atoms with Crippen molar-refractivity contribution >= 4 is 17.5 Å². The summed E-state index contributed by atoms with van der Waals surface area (Å²) in [5.74, 6) is 1.10. The van der Waals surface area contributed by atoms with Gasteiger partial charge in [-0.1, -0.05) is 50.3 Å². The lowest BCUT2D eigenvalue weighted by molar-refractivity contribution is -0.116. The Morgan fingerprint density at radius 3 is 2.50 bits per heavy atom. The predicted molar refractivity (Wildman–Crippen MR) is 78.0 cm³/mol. The Kier molecular flexibility index (Phi) is 5.30. The summed E-state index contributed by atoms with van der Waals surface area (Å²) in [6.07, 6.45) is 7.79. The van der Waals surface area contributed by atoms with Gasteiger partial charge in [0.1, 0.15) is 5.78 Å². The second kappa shape index (κ2) is 6.98. The fourth-order valence-corrected chi connectivity index (χ4v) is 3.86. The summed E-state index contributed by atoms with van der Waals surface area (Å²) in [6.45, 7) is 1.74. The Bertz CT molecular complexity index is 368. The number of rotatable bonds is 5. The van der Waals surface area contributed by atoms with Crippen LogP contribution in [0.15, 0.2) is 35.2 Å². The number of carbonyl (C=O) groups is 1. The number of Topliss-reactive ketones (excluding diaryl/α,β-unsaturated/α-hetero) is 1. The molecule has 0 heterocycles. The molecule has 0 amide bonds. The van der Waals surface area contributed by atoms with Crippen molar-refractivity contribution < 1.29 is 4.79 Å². The molecule has 1 atom stereocenters. The summed E-state index contributed by atoms with van der Waals surface area (Å²) in [4.78, 5) is 13.0. The Morgan fingerprint density at radius 1 is 1.22 bits per heavy atom. The Labute approximate surface area is 114 Å². The van der Waals surface area contributed by atoms with E-state index in [-0.39, 0.29) is 5.25 Å². The molecule has 0 spiro atoms. The van der Waals surface area contributed by atoms with Gasteiger partial charge in [-0.25, -0.2) is 0 Å². The van der Waals surface area contributed by atoms with Crippen LogP contribution in [0.2, 0.25) is 0 Å². The molecule has 1 nitrogen and oxygen atoms in total. The first kappa shape index (κ1) is 13.7. The zero-order valence-electron chi connectivity index (χ0n) is 11.1. The molecule has 0 N–H and O–H groups in total. The van der Waals surface area contributed by atoms with Gasteiger partial charge in [-0.15, -0.1) is 11.8 Å². The van der Waals surface area contributed by atoms with Gasteiger partial charge in [0.15, 0.2) is 0 Å². The van der Waals surface area contributed by atoms with Crippen molar-refractivity contribution in [2.75, 3.05) is 0 Å². The third kappa shape index (κ3) is 4.16. The molecular formula is C16H22OS. The van der Waals surface area contributed by atoms with E-state index in [4.69, 9.17) is 0 Å². The highest BCUT2D eigenvalue weighted by Crippen LogP contribution is 2.33. The summed E-state index contributed by atoms with van der Waals surface area (Å²) in [6, 6.07) is 10.3. The van der Waals surface area contributed by atoms with E-state index in [0.717, 1.165) is 12.3 Å². The molecule has 2 rings (SSSR count). The molecule has 0 bridgehead atoms. The monoisotopic (exact) mass is 262 g/mol. The van der Waals surface area contributed by atoms with Gasteiger partial charge in [0, 0.05) is 4.90 Å². The van der Waals surface area contributed by atoms with Crippen molar-refractivity contribution in [3.63, 3.8) is 0 Å². The molecule has 18 heavy (non-hydrogen) atoms. The lowest BCUT2D eigenvalue weighted by Gasteiger charge is -2.25. The number of carbonyl (C=O) groups excluding carboxylic acids is 1. The van der Waals surface area contributed by atoms with Crippen LogP contribution in [0.3, 0.4) is 0 Å². The molecular weight excluding hydrogens is 240 g/mol. The zero-order valence-corrected chi connectivity index (χ0v) is 11.9. The highest BCUT2D eigenvalue weighted by molar-refractivity contribution is 8.00. The highest BCUT2D eigenvalue weighted by Gasteiger charge is 2.22. The molecule has 1 saturated carbocycles. The number of benzene rings is 1. The van der Waals surface area contributed by atoms with Crippen LogP contribution in [0, 0.1) is 5.92 Å². The first-order chi connectivity index (χ1) is 8.75. The van der Waals surface area contributed by atoms with Gasteiger partial charge in [-0.3, -0.25) is 4.79 Å². The van der Waals surface area contributed by atoms with Gasteiger partial charge in [0.05, 0.1) is 5.25 Å². The summed E-state index contributed by atoms with van der Waals surface area (Å²) in [5.41, 5.74) is 0. The molecule has 2 heteroatoms. The van der Waals surface area contributed by atoms with E-state index >= 15 is 0 Å². The van der Waals surface area contributed by atoms with Crippen LogP contribution >= 0.6 is 11.8 Å². The van der Waals surface area contributed by atoms with Crippen molar-refractivity contribution in [1.82, 2.24) is 0 Å². The van der Waals surface area contributed by atoms with Crippen LogP contribution in [0.25, 0.3) is 0 Å². The smallest absolute Gasteiger partial charge is 0.143 e. The number of hydrogen-bond donors (Lipinski definition) is 0. The first-order valence-electron chi connectivity index (χ1n) is 6.98. The molecule has 0 saturated heterocycles. The molecule has 1 aromatic rings. The molecule has 0 aliphatic heterocycles. The molecule has 0 aromatic heterocycles. The molecule has 98 valence electrons. The second-order valence-corrected chi connectivity index (χ2v) is 6.55. The van der Waals surface area contributed by atoms with Gasteiger partial charge in [-0.2, -0.15) is 0 Å². The third-order valence-electron chi connectivity index (χ3n) is 3.75. The first-order valence-corrected chi connectivity index (χ1v) is 7.86. The van der Waals surface area contributed by atoms with E-state index in [0.29, 0.717) is 5.78 Å². The largest absolute Gasteiger partial charge is 0.299 e. The van der Waals surface area contributed by atoms with Crippen molar-refractivity contribution in [2.45, 2.75) is 55.6 Å². The summed E-state index contributed by atoms with van der Waals surface area (Å²) < 4.78 is 0. The van der Waals surface area contributed by atoms with Crippen LogP contribution in [-0.4, -0.2) is 11.0 Å². The van der Waals surface area contributed by atoms with Gasteiger partial charge < -0.3 is 0 Å². The normalized spacial score (nSPS) is 18.5. The molecule has 1 fully saturated rings. The van der Waals surface area contributed by atoms with E-state index < -0.39 is 0 Å². The lowest BCUT2D eigenvalue weighted by atomic mass is 9.85. The number of thioether (sulfide) groups is 1. The molecule has 1 aliphatic carbocycles. The quantitative estimate of drug-likeness (QED) is 0.715. The minimum absolute atomic E-state index is 0.149. The van der Waals surface area contributed by atoms with Crippen molar-refractivity contribution in [2.24, 2.45) is 5.92 Å². The van der Waals surface area contributed by atoms with Crippen molar-refractivity contribution in [3.8, 4) is 0 Å².